The number of aliphatic hydroxyl groups is 1. The molecule has 8 nitrogen and oxygen atoms in total. The summed E-state index contributed by atoms with van der Waals surface area (Å²) in [7, 11) is 0. The molecule has 0 bridgehead atoms. The first-order valence-corrected chi connectivity index (χ1v) is 12.3. The molecule has 0 aliphatic carbocycles. The highest BCUT2D eigenvalue weighted by Gasteiger charge is 2.22. The van der Waals surface area contributed by atoms with Crippen LogP contribution >= 0.6 is 34.8 Å². The third-order valence-corrected chi connectivity index (χ3v) is 6.33. The van der Waals surface area contributed by atoms with Crippen LogP contribution in [0.25, 0.3) is 22.4 Å². The lowest BCUT2D eigenvalue weighted by atomic mass is 10.0. The van der Waals surface area contributed by atoms with Gasteiger partial charge in [0.05, 0.1) is 17.3 Å². The number of hydrogen-bond acceptors (Lipinski definition) is 5. The number of carbonyl (C=O) groups excluding carboxylic acids is 1. The number of carboxylic acid groups (broad SMARTS) is 1. The van der Waals surface area contributed by atoms with Gasteiger partial charge >= 0.3 is 5.97 Å². The minimum absolute atomic E-state index is 0.0372. The highest BCUT2D eigenvalue weighted by atomic mass is 35.5. The number of carboxylic acids is 1. The second-order valence-electron chi connectivity index (χ2n) is 8.29. The number of hydrogen-bond donors (Lipinski definition) is 4. The van der Waals surface area contributed by atoms with E-state index in [0.717, 1.165) is 0 Å². The molecular weight excluding hydrogens is 558 g/mol. The maximum absolute atomic E-state index is 14.2. The van der Waals surface area contributed by atoms with Crippen LogP contribution in [0.3, 0.4) is 0 Å². The molecule has 4 aromatic rings. The summed E-state index contributed by atoms with van der Waals surface area (Å²) in [4.78, 5) is 24.2. The number of H-pyrrole nitrogens is 1. The van der Waals surface area contributed by atoms with Crippen molar-refractivity contribution in [3.63, 3.8) is 0 Å². The predicted octanol–water partition coefficient (Wildman–Crippen LogP) is 5.44. The van der Waals surface area contributed by atoms with Gasteiger partial charge in [0.2, 0.25) is 0 Å². The third-order valence-electron chi connectivity index (χ3n) is 5.53. The van der Waals surface area contributed by atoms with Crippen LogP contribution in [0, 0.1) is 5.82 Å². The molecule has 4 N–H and O–H groups in total. The fraction of sp³-hybridized carbons (Fsp3) is 0.115. The molecule has 1 atom stereocenters. The molecule has 1 aromatic heterocycles. The van der Waals surface area contributed by atoms with Crippen molar-refractivity contribution in [2.45, 2.75) is 12.6 Å². The van der Waals surface area contributed by atoms with Gasteiger partial charge in [0, 0.05) is 27.7 Å². The van der Waals surface area contributed by atoms with Gasteiger partial charge in [0.25, 0.3) is 5.91 Å². The van der Waals surface area contributed by atoms with Gasteiger partial charge in [0.1, 0.15) is 11.5 Å². The van der Waals surface area contributed by atoms with Gasteiger partial charge in [-0.1, -0.05) is 59.1 Å². The fourth-order valence-electron chi connectivity index (χ4n) is 3.64. The van der Waals surface area contributed by atoms with E-state index < -0.39 is 30.3 Å². The Bertz CT molecular complexity index is 1480. The van der Waals surface area contributed by atoms with Crippen LogP contribution in [0.1, 0.15) is 16.1 Å². The zero-order valence-corrected chi connectivity index (χ0v) is 21.7. The first kappa shape index (κ1) is 27.6. The van der Waals surface area contributed by atoms with Gasteiger partial charge in [-0.05, 0) is 53.6 Å². The number of amides is 1. The fourth-order valence-corrected chi connectivity index (χ4v) is 4.20. The summed E-state index contributed by atoms with van der Waals surface area (Å²) >= 11 is 18.2. The lowest BCUT2D eigenvalue weighted by Crippen LogP contribution is -2.47. The zero-order chi connectivity index (χ0) is 27.4. The van der Waals surface area contributed by atoms with Gasteiger partial charge in [-0.25, -0.2) is 14.2 Å². The molecular formula is C26H20Cl3FN4O4. The monoisotopic (exact) mass is 576 g/mol. The Kier molecular flexibility index (Phi) is 8.65. The van der Waals surface area contributed by atoms with Gasteiger partial charge in [0.15, 0.2) is 6.10 Å². The van der Waals surface area contributed by atoms with Crippen LogP contribution in [0.2, 0.25) is 15.1 Å². The van der Waals surface area contributed by atoms with Gasteiger partial charge < -0.3 is 10.2 Å². The Hall–Kier alpha value is -3.47. The standard InChI is InChI=1S/C26H20Cl3FN4O4/c27-16-5-7-20(29)19(10-16)22-11-23(32-31-22)25(36)33-34(13-24(35)26(37)38)12-14-1-3-15(4-2-14)18-9-17(28)6-8-21(18)30/h1-11,24,35H,12-13H2,(H,31,32)(H,33,36)(H,37,38)/t24-/m1/s1. The van der Waals surface area contributed by atoms with E-state index in [9.17, 15) is 19.1 Å². The molecule has 0 saturated carbocycles. The van der Waals surface area contributed by atoms with Crippen molar-refractivity contribution in [3.8, 4) is 22.4 Å². The molecule has 196 valence electrons. The van der Waals surface area contributed by atoms with E-state index in [0.29, 0.717) is 43.0 Å². The molecule has 1 amide bonds. The molecule has 0 unspecified atom stereocenters. The highest BCUT2D eigenvalue weighted by molar-refractivity contribution is 6.35. The smallest absolute Gasteiger partial charge is 0.333 e. The Morgan fingerprint density at radius 2 is 1.63 bits per heavy atom. The van der Waals surface area contributed by atoms with E-state index in [1.165, 1.54) is 29.3 Å². The van der Waals surface area contributed by atoms with Gasteiger partial charge in [-0.3, -0.25) is 15.3 Å². The lowest BCUT2D eigenvalue weighted by molar-refractivity contribution is -0.148. The molecule has 12 heteroatoms. The molecule has 3 aromatic carbocycles. The Labute approximate surface area is 231 Å². The van der Waals surface area contributed by atoms with Crippen molar-refractivity contribution < 1.29 is 24.2 Å². The molecule has 0 aliphatic rings. The maximum atomic E-state index is 14.2. The number of nitrogens with zero attached hydrogens (tertiary/aromatic N) is 2. The number of carbonyl (C=O) groups is 2. The second kappa shape index (κ2) is 11.9. The van der Waals surface area contributed by atoms with Crippen LogP contribution in [0.15, 0.2) is 66.7 Å². The Balaban J connectivity index is 1.52. The summed E-state index contributed by atoms with van der Waals surface area (Å²) in [6.45, 7) is -0.373. The number of aromatic nitrogens is 2. The number of aliphatic hydroxyl groups excluding tert-OH is 1. The predicted molar refractivity (Wildman–Crippen MR) is 142 cm³/mol. The minimum atomic E-state index is -1.77. The number of nitrogens with one attached hydrogen (secondary N) is 2. The van der Waals surface area contributed by atoms with E-state index >= 15 is 0 Å². The first-order chi connectivity index (χ1) is 18.1. The number of halogens is 4. The van der Waals surface area contributed by atoms with Crippen LogP contribution in [-0.2, 0) is 11.3 Å². The van der Waals surface area contributed by atoms with Crippen molar-refractivity contribution in [1.29, 1.82) is 0 Å². The van der Waals surface area contributed by atoms with E-state index in [4.69, 9.17) is 39.9 Å². The summed E-state index contributed by atoms with van der Waals surface area (Å²) in [5.41, 5.74) is 5.11. The minimum Gasteiger partial charge on any atom is -0.479 e. The number of benzene rings is 3. The maximum Gasteiger partial charge on any atom is 0.333 e. The van der Waals surface area contributed by atoms with Gasteiger partial charge in [-0.2, -0.15) is 5.10 Å². The number of rotatable bonds is 9. The van der Waals surface area contributed by atoms with E-state index in [-0.39, 0.29) is 12.2 Å². The molecule has 38 heavy (non-hydrogen) atoms. The van der Waals surface area contributed by atoms with Crippen LogP contribution in [-0.4, -0.2) is 49.9 Å². The van der Waals surface area contributed by atoms with Crippen molar-refractivity contribution in [2.24, 2.45) is 0 Å². The average molecular weight is 578 g/mol. The van der Waals surface area contributed by atoms with Crippen LogP contribution in [0.5, 0.6) is 0 Å². The number of hydrazine groups is 1. The van der Waals surface area contributed by atoms with Crippen molar-refractivity contribution in [3.05, 3.63) is 98.9 Å². The Morgan fingerprint density at radius 1 is 0.974 bits per heavy atom. The molecule has 0 saturated heterocycles. The molecule has 4 rings (SSSR count). The summed E-state index contributed by atoms with van der Waals surface area (Å²) in [5.74, 6) is -2.51. The number of aromatic amines is 1. The van der Waals surface area contributed by atoms with Gasteiger partial charge in [-0.15, -0.1) is 0 Å². The van der Waals surface area contributed by atoms with Crippen molar-refractivity contribution >= 4 is 46.7 Å². The zero-order valence-electron chi connectivity index (χ0n) is 19.5. The molecule has 1 heterocycles. The van der Waals surface area contributed by atoms with E-state index in [1.54, 1.807) is 42.5 Å². The van der Waals surface area contributed by atoms with E-state index in [2.05, 4.69) is 15.6 Å². The average Bonchev–Trinajstić information content (AvgIpc) is 3.38. The summed E-state index contributed by atoms with van der Waals surface area (Å²) in [6, 6.07) is 17.3. The second-order valence-corrected chi connectivity index (χ2v) is 9.57. The van der Waals surface area contributed by atoms with Crippen molar-refractivity contribution in [2.75, 3.05) is 6.54 Å². The highest BCUT2D eigenvalue weighted by Crippen LogP contribution is 2.30. The summed E-state index contributed by atoms with van der Waals surface area (Å²) < 4.78 is 14.2. The Morgan fingerprint density at radius 3 is 2.32 bits per heavy atom. The molecule has 0 radical (unpaired) electrons. The van der Waals surface area contributed by atoms with Crippen LogP contribution < -0.4 is 5.43 Å². The normalized spacial score (nSPS) is 11.9. The van der Waals surface area contributed by atoms with Crippen molar-refractivity contribution in [1.82, 2.24) is 20.6 Å². The lowest BCUT2D eigenvalue weighted by Gasteiger charge is -2.24. The molecule has 0 aliphatic heterocycles. The quantitative estimate of drug-likeness (QED) is 0.197. The summed E-state index contributed by atoms with van der Waals surface area (Å²) in [5, 5.41) is 28.3. The number of aliphatic carboxylic acids is 1. The molecule has 0 fully saturated rings. The molecule has 0 spiro atoms. The van der Waals surface area contributed by atoms with Crippen LogP contribution in [0.4, 0.5) is 4.39 Å². The summed E-state index contributed by atoms with van der Waals surface area (Å²) in [6.07, 6.45) is -1.77. The SMILES string of the molecule is O=C(NN(Cc1ccc(-c2cc(Cl)ccc2F)cc1)C[C@@H](O)C(=O)O)c1cc(-c2cc(Cl)ccc2Cl)n[nH]1. The topological polar surface area (TPSA) is 119 Å². The first-order valence-electron chi connectivity index (χ1n) is 11.1. The third kappa shape index (κ3) is 6.69. The largest absolute Gasteiger partial charge is 0.479 e. The van der Waals surface area contributed by atoms with E-state index in [1.807, 2.05) is 0 Å².